The molecule has 0 saturated carbocycles. The quantitative estimate of drug-likeness (QED) is 0.0989. The van der Waals surface area contributed by atoms with Gasteiger partial charge in [-0.1, -0.05) is 97.9 Å². The van der Waals surface area contributed by atoms with Gasteiger partial charge in [-0.3, -0.25) is 8.87 Å². The monoisotopic (exact) mass is 679 g/mol. The van der Waals surface area contributed by atoms with Crippen molar-refractivity contribution < 1.29 is 0 Å². The fourth-order valence-corrected chi connectivity index (χ4v) is 7.80. The maximum absolute atomic E-state index is 6.49. The van der Waals surface area contributed by atoms with E-state index in [9.17, 15) is 0 Å². The molecule has 1 aliphatic rings. The van der Waals surface area contributed by atoms with Crippen molar-refractivity contribution in [3.05, 3.63) is 125 Å². The molecule has 6 rings (SSSR count). The molecule has 0 bridgehead atoms. The molecule has 0 unspecified atom stereocenters. The van der Waals surface area contributed by atoms with E-state index in [-0.39, 0.29) is 11.3 Å². The van der Waals surface area contributed by atoms with E-state index in [4.69, 9.17) is 16.6 Å². The predicted octanol–water partition coefficient (Wildman–Crippen LogP) is 8.07. The summed E-state index contributed by atoms with van der Waals surface area (Å²) in [6, 6.07) is 35.2. The third-order valence-corrected chi connectivity index (χ3v) is 10.2. The van der Waals surface area contributed by atoms with Crippen molar-refractivity contribution in [1.29, 1.82) is 0 Å². The Morgan fingerprint density at radius 1 is 0.875 bits per heavy atom. The fraction of sp³-hybridized carbons (Fsp3) is 0.250. The van der Waals surface area contributed by atoms with Crippen molar-refractivity contribution in [2.24, 2.45) is 5.92 Å². The Kier molecular flexibility index (Phi) is 8.08. The molecule has 1 saturated heterocycles. The second-order valence-electron chi connectivity index (χ2n) is 10.5. The fourth-order valence-electron chi connectivity index (χ4n) is 6.38. The molecule has 3 heterocycles. The van der Waals surface area contributed by atoms with Crippen LogP contribution in [0.15, 0.2) is 103 Å². The summed E-state index contributed by atoms with van der Waals surface area (Å²) in [7, 11) is 3.74. The van der Waals surface area contributed by atoms with E-state index in [1.54, 1.807) is 9.12 Å². The molecule has 8 heteroatoms. The average Bonchev–Trinajstić information content (AvgIpc) is 3.42. The first-order valence-electron chi connectivity index (χ1n) is 13.5. The third kappa shape index (κ3) is 4.81. The first-order valence-corrected chi connectivity index (χ1v) is 17.2. The number of likely N-dealkylation sites (tertiary alicyclic amines) is 1. The molecule has 2 aromatic heterocycles. The Morgan fingerprint density at radius 3 is 1.95 bits per heavy atom. The molecule has 2 atom stereocenters. The minimum Gasteiger partial charge on any atom is -0.354 e. The Bertz CT molecular complexity index is 1480. The molecule has 0 amide bonds. The second kappa shape index (κ2) is 11.7. The topological polar surface area (TPSA) is 37.2 Å². The molecule has 0 aliphatic carbocycles. The van der Waals surface area contributed by atoms with E-state index in [0.29, 0.717) is 5.92 Å². The van der Waals surface area contributed by atoms with Gasteiger partial charge in [-0.05, 0) is 46.7 Å². The molecule has 0 N–H and O–H groups in total. The van der Waals surface area contributed by atoms with Crippen LogP contribution in [0, 0.1) is 5.92 Å². The lowest BCUT2D eigenvalue weighted by atomic mass is 9.74. The molecule has 5 aromatic rings. The van der Waals surface area contributed by atoms with Crippen molar-refractivity contribution in [3.63, 3.8) is 0 Å². The van der Waals surface area contributed by atoms with Crippen molar-refractivity contribution in [2.75, 3.05) is 25.0 Å². The van der Waals surface area contributed by atoms with Crippen molar-refractivity contribution in [3.8, 4) is 0 Å². The van der Waals surface area contributed by atoms with Gasteiger partial charge < -0.3 is 4.90 Å². The van der Waals surface area contributed by atoms with Crippen molar-refractivity contribution in [2.45, 2.75) is 24.9 Å². The normalized spacial score (nSPS) is 18.2. The molecular formula is C32H31ClIN5S. The van der Waals surface area contributed by atoms with E-state index in [1.165, 1.54) is 16.7 Å². The molecule has 3 aromatic carbocycles. The van der Waals surface area contributed by atoms with Crippen LogP contribution in [0.1, 0.15) is 30.0 Å². The number of likely N-dealkylation sites (N-methyl/N-ethyl adjacent to an activating group) is 1. The van der Waals surface area contributed by atoms with Gasteiger partial charge in [0.15, 0.2) is 5.65 Å². The zero-order valence-electron chi connectivity index (χ0n) is 22.5. The smallest absolute Gasteiger partial charge is 0.226 e. The summed E-state index contributed by atoms with van der Waals surface area (Å²) in [5.41, 5.74) is 4.21. The first kappa shape index (κ1) is 27.6. The van der Waals surface area contributed by atoms with Crippen LogP contribution in [-0.4, -0.2) is 45.0 Å². The number of aromatic nitrogens is 3. The van der Waals surface area contributed by atoms with E-state index >= 15 is 0 Å². The first-order chi connectivity index (χ1) is 19.5. The number of piperidine rings is 1. The van der Waals surface area contributed by atoms with Gasteiger partial charge in [-0.15, -0.1) is 0 Å². The van der Waals surface area contributed by atoms with E-state index in [0.717, 1.165) is 36.4 Å². The van der Waals surface area contributed by atoms with Crippen LogP contribution >= 0.6 is 41.9 Å². The number of hydrogen-bond acceptors (Lipinski definition) is 5. The predicted molar refractivity (Wildman–Crippen MR) is 176 cm³/mol. The minimum absolute atomic E-state index is 0.217. The van der Waals surface area contributed by atoms with Gasteiger partial charge in [-0.25, -0.2) is 0 Å². The second-order valence-corrected chi connectivity index (χ2v) is 12.5. The number of rotatable bonds is 7. The number of nitrogens with zero attached hydrogens (tertiary/aromatic N) is 5. The van der Waals surface area contributed by atoms with Gasteiger partial charge in [0.05, 0.1) is 10.9 Å². The Morgan fingerprint density at radius 2 is 1.43 bits per heavy atom. The standard InChI is InChI=1S/C32H31ClIN5S/c1-23-18-20-38(22-28(23)37(2)29-27-19-21-39(40-34)30(27)36-31(33)35-29)32(24-12-6-3-7-13-24,25-14-8-4-9-15-25)26-16-10-5-11-17-26/h3-17,19,21,23,28H,18,20,22H2,1-2H3/t23-,28+/m1/s1. The zero-order chi connectivity index (χ0) is 27.7. The van der Waals surface area contributed by atoms with E-state index in [1.807, 2.05) is 10.2 Å². The third-order valence-electron chi connectivity index (χ3n) is 8.34. The largest absolute Gasteiger partial charge is 0.354 e. The van der Waals surface area contributed by atoms with Gasteiger partial charge in [0.25, 0.3) is 0 Å². The molecule has 204 valence electrons. The van der Waals surface area contributed by atoms with Gasteiger partial charge in [0.2, 0.25) is 5.28 Å². The van der Waals surface area contributed by atoms with Crippen LogP contribution in [0.5, 0.6) is 0 Å². The highest BCUT2D eigenvalue weighted by Crippen LogP contribution is 2.45. The van der Waals surface area contributed by atoms with E-state index < -0.39 is 5.54 Å². The van der Waals surface area contributed by atoms with Crippen LogP contribution < -0.4 is 4.90 Å². The van der Waals surface area contributed by atoms with Crippen LogP contribution in [0.4, 0.5) is 5.82 Å². The number of benzene rings is 3. The van der Waals surface area contributed by atoms with Gasteiger partial charge in [-0.2, -0.15) is 9.97 Å². The Balaban J connectivity index is 1.49. The molecule has 5 nitrogen and oxygen atoms in total. The van der Waals surface area contributed by atoms with Crippen LogP contribution in [0.25, 0.3) is 11.0 Å². The minimum atomic E-state index is -0.442. The van der Waals surface area contributed by atoms with Gasteiger partial charge in [0.1, 0.15) is 5.82 Å². The highest BCUT2D eigenvalue weighted by Gasteiger charge is 2.45. The number of hydrogen-bond donors (Lipinski definition) is 0. The van der Waals surface area contributed by atoms with Crippen molar-refractivity contribution >= 4 is 58.8 Å². The lowest BCUT2D eigenvalue weighted by Crippen LogP contribution is -2.58. The summed E-state index contributed by atoms with van der Waals surface area (Å²) in [4.78, 5) is 14.3. The maximum atomic E-state index is 6.49. The van der Waals surface area contributed by atoms with Crippen LogP contribution in [0.3, 0.4) is 0 Å². The highest BCUT2D eigenvalue weighted by molar-refractivity contribution is 14.2. The van der Waals surface area contributed by atoms with Crippen LogP contribution in [0.2, 0.25) is 5.28 Å². The molecule has 1 aliphatic heterocycles. The number of anilines is 1. The Hall–Kier alpha value is -2.59. The van der Waals surface area contributed by atoms with Crippen molar-refractivity contribution in [1.82, 2.24) is 18.8 Å². The molecule has 40 heavy (non-hydrogen) atoms. The number of halogens is 2. The average molecular weight is 680 g/mol. The van der Waals surface area contributed by atoms with Crippen LogP contribution in [-0.2, 0) is 5.54 Å². The lowest BCUT2D eigenvalue weighted by molar-refractivity contribution is 0.0897. The summed E-state index contributed by atoms with van der Waals surface area (Å²) in [5, 5.41) is 1.29. The van der Waals surface area contributed by atoms with E-state index in [2.05, 4.69) is 147 Å². The maximum Gasteiger partial charge on any atom is 0.226 e. The van der Waals surface area contributed by atoms with Gasteiger partial charge in [0, 0.05) is 62.7 Å². The summed E-state index contributed by atoms with van der Waals surface area (Å²) in [6.07, 6.45) is 3.10. The summed E-state index contributed by atoms with van der Waals surface area (Å²) >= 11 is 8.76. The SMILES string of the molecule is C[C@@H]1CCN(C(c2ccccc2)(c2ccccc2)c2ccccc2)C[C@@H]1N(C)c1nc(Cl)nc2c1ccn2SI. The Labute approximate surface area is 257 Å². The summed E-state index contributed by atoms with van der Waals surface area (Å²) in [5.74, 6) is 1.34. The summed E-state index contributed by atoms with van der Waals surface area (Å²) < 4.78 is 2.03. The molecular weight excluding hydrogens is 649 g/mol. The molecule has 0 spiro atoms. The summed E-state index contributed by atoms with van der Waals surface area (Å²) in [6.45, 7) is 4.20. The highest BCUT2D eigenvalue weighted by atomic mass is 127. The zero-order valence-corrected chi connectivity index (χ0v) is 26.2. The molecule has 0 radical (unpaired) electrons. The number of fused-ring (bicyclic) bond motifs is 1. The van der Waals surface area contributed by atoms with Gasteiger partial charge >= 0.3 is 0 Å². The molecule has 1 fully saturated rings. The lowest BCUT2D eigenvalue weighted by Gasteiger charge is -2.52.